The van der Waals surface area contributed by atoms with Gasteiger partial charge in [0.2, 0.25) is 0 Å². The third-order valence-corrected chi connectivity index (χ3v) is 13.0. The summed E-state index contributed by atoms with van der Waals surface area (Å²) in [5.74, 6) is -0.362. The maximum atomic E-state index is 14.3. The van der Waals surface area contributed by atoms with E-state index in [1.807, 2.05) is 14.1 Å². The average molecular weight is 511 g/mol. The zero-order valence-electron chi connectivity index (χ0n) is 22.4. The van der Waals surface area contributed by atoms with E-state index >= 15 is 0 Å². The Morgan fingerprint density at radius 1 is 1.11 bits per heavy atom. The number of aliphatic hydroxyl groups excluding tert-OH is 1. The molecule has 202 valence electrons. The molecule has 0 radical (unpaired) electrons. The van der Waals surface area contributed by atoms with Crippen LogP contribution in [0.5, 0.6) is 0 Å². The van der Waals surface area contributed by atoms with Gasteiger partial charge in [-0.3, -0.25) is 4.79 Å². The first-order valence-electron chi connectivity index (χ1n) is 13.7. The summed E-state index contributed by atoms with van der Waals surface area (Å²) in [4.78, 5) is 20.6. The summed E-state index contributed by atoms with van der Waals surface area (Å²) >= 11 is 0. The number of Topliss-reactive ketones (excluding diaryl/α,β-unsaturated/α-hetero) is 1. The van der Waals surface area contributed by atoms with Gasteiger partial charge in [-0.2, -0.15) is 13.2 Å². The van der Waals surface area contributed by atoms with Crippen LogP contribution in [0.25, 0.3) is 0 Å². The number of rotatable bonds is 2. The summed E-state index contributed by atoms with van der Waals surface area (Å²) in [6.07, 6.45) is 0.176. The Morgan fingerprint density at radius 2 is 1.78 bits per heavy atom. The smallest absolute Gasteiger partial charge is 0.468 e. The minimum absolute atomic E-state index is 0.0213. The van der Waals surface area contributed by atoms with Crippen molar-refractivity contribution in [2.75, 3.05) is 20.7 Å². The first kappa shape index (κ1) is 25.1. The van der Waals surface area contributed by atoms with E-state index in [-0.39, 0.29) is 46.6 Å². The lowest BCUT2D eigenvalue weighted by atomic mass is 9.41. The van der Waals surface area contributed by atoms with Crippen LogP contribution in [0.4, 0.5) is 13.2 Å². The third-order valence-electron chi connectivity index (χ3n) is 13.0. The van der Waals surface area contributed by atoms with Crippen molar-refractivity contribution in [3.63, 3.8) is 0 Å². The quantitative estimate of drug-likeness (QED) is 0.576. The highest BCUT2D eigenvalue weighted by atomic mass is 19.4. The number of hydrogen-bond donors (Lipinski definition) is 1. The number of carbonyl (C=O) groups is 1. The van der Waals surface area contributed by atoms with Crippen LogP contribution in [-0.2, 0) is 9.53 Å². The summed E-state index contributed by atoms with van der Waals surface area (Å²) in [6.45, 7) is 8.82. The second-order valence-electron chi connectivity index (χ2n) is 14.2. The Bertz CT molecular complexity index is 1030. The lowest BCUT2D eigenvalue weighted by Crippen LogP contribution is -2.63. The standard InChI is InChI=1S/C28H41F3N2O3/c1-15(33(5)6)21-16(34)11-24(3)18-8-7-17-23(2)14-36-22(28(29,30)31)32-19(23)9-10-26(17)13-27(18,26)20(35)12-25(21,24)4/h15-19,21,34H,7-14H2,1-6H3/t15-,16+,17-,18-,19-,21-,23-,24-,25+,26+,27-/m0/s1. The van der Waals surface area contributed by atoms with Crippen LogP contribution < -0.4 is 0 Å². The predicted octanol–water partition coefficient (Wildman–Crippen LogP) is 4.87. The zero-order valence-corrected chi connectivity index (χ0v) is 22.4. The van der Waals surface area contributed by atoms with E-state index in [4.69, 9.17) is 4.74 Å². The number of aliphatic hydroxyl groups is 1. The molecule has 8 heteroatoms. The van der Waals surface area contributed by atoms with Crippen LogP contribution in [0, 0.1) is 44.8 Å². The molecule has 1 N–H and O–H groups in total. The minimum Gasteiger partial charge on any atom is -0.474 e. The SMILES string of the molecule is C[C@@H]([C@H]1[C@H](O)C[C@@]2(C)[C@@H]3CC[C@H]4[C@]5(C)COC(C(F)(F)F)=N[C@H]5CC[C@@]45C[C@@]35C(=O)C[C@]12C)N(C)C. The summed E-state index contributed by atoms with van der Waals surface area (Å²) < 4.78 is 45.4. The number of carbonyl (C=O) groups excluding carboxylic acids is 1. The molecule has 5 nitrogen and oxygen atoms in total. The molecule has 0 bridgehead atoms. The highest BCUT2D eigenvalue weighted by Crippen LogP contribution is 2.88. The zero-order chi connectivity index (χ0) is 26.3. The van der Waals surface area contributed by atoms with Gasteiger partial charge in [-0.25, -0.2) is 4.99 Å². The van der Waals surface area contributed by atoms with E-state index < -0.39 is 35.0 Å². The Morgan fingerprint density at radius 3 is 2.42 bits per heavy atom. The van der Waals surface area contributed by atoms with E-state index in [0.29, 0.717) is 18.6 Å². The van der Waals surface area contributed by atoms with E-state index in [9.17, 15) is 23.1 Å². The van der Waals surface area contributed by atoms with Crippen LogP contribution in [0.1, 0.15) is 72.6 Å². The molecule has 0 saturated heterocycles. The first-order chi connectivity index (χ1) is 16.6. The van der Waals surface area contributed by atoms with Gasteiger partial charge in [0.05, 0.1) is 18.8 Å². The van der Waals surface area contributed by atoms with Crippen molar-refractivity contribution < 1.29 is 27.8 Å². The highest BCUT2D eigenvalue weighted by molar-refractivity contribution is 5.92. The van der Waals surface area contributed by atoms with Crippen LogP contribution in [-0.4, -0.2) is 66.8 Å². The van der Waals surface area contributed by atoms with Gasteiger partial charge in [0.1, 0.15) is 5.78 Å². The highest BCUT2D eigenvalue weighted by Gasteiger charge is 2.86. The van der Waals surface area contributed by atoms with Gasteiger partial charge < -0.3 is 14.7 Å². The van der Waals surface area contributed by atoms with Crippen molar-refractivity contribution in [1.29, 1.82) is 0 Å². The summed E-state index contributed by atoms with van der Waals surface area (Å²) in [7, 11) is 4.09. The molecule has 0 aromatic rings. The Labute approximate surface area is 212 Å². The minimum atomic E-state index is -4.56. The molecular weight excluding hydrogens is 469 g/mol. The van der Waals surface area contributed by atoms with E-state index in [0.717, 1.165) is 32.1 Å². The molecular formula is C28H41F3N2O3. The predicted molar refractivity (Wildman–Crippen MR) is 129 cm³/mol. The molecule has 0 aromatic heterocycles. The van der Waals surface area contributed by atoms with Crippen molar-refractivity contribution >= 4 is 11.7 Å². The van der Waals surface area contributed by atoms with Gasteiger partial charge in [0.15, 0.2) is 0 Å². The van der Waals surface area contributed by atoms with Gasteiger partial charge >= 0.3 is 6.18 Å². The largest absolute Gasteiger partial charge is 0.474 e. The number of aliphatic imine (C=N–C) groups is 1. The van der Waals surface area contributed by atoms with E-state index in [1.54, 1.807) is 0 Å². The number of nitrogens with zero attached hydrogens (tertiary/aromatic N) is 2. The number of ketones is 1. The fraction of sp³-hybridized carbons (Fsp3) is 0.929. The van der Waals surface area contributed by atoms with Crippen LogP contribution in [0.2, 0.25) is 0 Å². The molecule has 5 aliphatic carbocycles. The van der Waals surface area contributed by atoms with E-state index in [2.05, 4.69) is 37.6 Å². The van der Waals surface area contributed by atoms with Gasteiger partial charge in [-0.15, -0.1) is 0 Å². The van der Waals surface area contributed by atoms with Crippen molar-refractivity contribution in [3.05, 3.63) is 0 Å². The number of alkyl halides is 3. The van der Waals surface area contributed by atoms with Crippen LogP contribution in [0.3, 0.4) is 0 Å². The Balaban J connectivity index is 1.37. The molecule has 6 rings (SSSR count). The molecule has 11 atom stereocenters. The van der Waals surface area contributed by atoms with Gasteiger partial charge in [0.25, 0.3) is 5.90 Å². The third kappa shape index (κ3) is 2.66. The average Bonchev–Trinajstić information content (AvgIpc) is 3.41. The molecule has 0 aromatic carbocycles. The van der Waals surface area contributed by atoms with Gasteiger partial charge in [0, 0.05) is 29.2 Å². The van der Waals surface area contributed by atoms with Gasteiger partial charge in [-0.1, -0.05) is 20.8 Å². The molecule has 5 saturated carbocycles. The molecule has 1 heterocycles. The molecule has 0 amide bonds. The molecule has 1 aliphatic heterocycles. The Kier molecular flexibility index (Phi) is 4.94. The van der Waals surface area contributed by atoms with Crippen molar-refractivity contribution in [3.8, 4) is 0 Å². The lowest BCUT2D eigenvalue weighted by molar-refractivity contribution is -0.173. The van der Waals surface area contributed by atoms with Crippen molar-refractivity contribution in [2.24, 2.45) is 49.8 Å². The fourth-order valence-corrected chi connectivity index (χ4v) is 11.1. The van der Waals surface area contributed by atoms with Crippen molar-refractivity contribution in [1.82, 2.24) is 4.90 Å². The summed E-state index contributed by atoms with van der Waals surface area (Å²) in [6, 6.07) is -0.251. The molecule has 36 heavy (non-hydrogen) atoms. The molecule has 5 fully saturated rings. The summed E-state index contributed by atoms with van der Waals surface area (Å²) in [5.41, 5.74) is -1.47. The van der Waals surface area contributed by atoms with Crippen LogP contribution >= 0.6 is 0 Å². The van der Waals surface area contributed by atoms with Crippen LogP contribution in [0.15, 0.2) is 4.99 Å². The first-order valence-corrected chi connectivity index (χ1v) is 13.7. The molecule has 0 unspecified atom stereocenters. The second-order valence-corrected chi connectivity index (χ2v) is 14.2. The van der Waals surface area contributed by atoms with Gasteiger partial charge in [-0.05, 0) is 87.6 Å². The molecule has 6 aliphatic rings. The Hall–Kier alpha value is -1.15. The normalized spacial score (nSPS) is 54.4. The monoisotopic (exact) mass is 510 g/mol. The lowest BCUT2D eigenvalue weighted by Gasteiger charge is -2.63. The maximum Gasteiger partial charge on any atom is 0.468 e. The number of halogens is 3. The van der Waals surface area contributed by atoms with Crippen molar-refractivity contribution in [2.45, 2.75) is 97.0 Å². The summed E-state index contributed by atoms with van der Waals surface area (Å²) in [5, 5.41) is 11.4. The topological polar surface area (TPSA) is 62.1 Å². The number of ether oxygens (including phenoxy) is 1. The van der Waals surface area contributed by atoms with E-state index in [1.165, 1.54) is 0 Å². The number of fused-ring (bicyclic) bond motifs is 4. The fourth-order valence-electron chi connectivity index (χ4n) is 11.1. The molecule has 2 spiro atoms. The maximum absolute atomic E-state index is 14.3. The second kappa shape index (κ2) is 7.08. The number of hydrogen-bond acceptors (Lipinski definition) is 5.